The Bertz CT molecular complexity index is 366. The smallest absolute Gasteiger partial charge is 0.226 e. The number of carbonyl (C=O) groups is 1. The van der Waals surface area contributed by atoms with Crippen molar-refractivity contribution in [1.82, 2.24) is 4.90 Å². The molecule has 0 aliphatic heterocycles. The van der Waals surface area contributed by atoms with E-state index in [0.717, 1.165) is 0 Å². The van der Waals surface area contributed by atoms with Crippen molar-refractivity contribution in [2.75, 3.05) is 13.6 Å². The number of benzene rings is 1. The van der Waals surface area contributed by atoms with Crippen molar-refractivity contribution in [2.45, 2.75) is 18.7 Å². The molecule has 0 radical (unpaired) electrons. The lowest BCUT2D eigenvalue weighted by atomic mass is 10.1. The summed E-state index contributed by atoms with van der Waals surface area (Å²) in [5.74, 6) is 0.108. The van der Waals surface area contributed by atoms with Crippen molar-refractivity contribution >= 4 is 17.5 Å². The molecular formula is C12H16ClNO2. The lowest BCUT2D eigenvalue weighted by molar-refractivity contribution is -0.129. The maximum absolute atomic E-state index is 11.8. The van der Waals surface area contributed by atoms with Crippen LogP contribution in [0.15, 0.2) is 24.3 Å². The molecule has 4 heteroatoms. The van der Waals surface area contributed by atoms with Crippen molar-refractivity contribution < 1.29 is 9.90 Å². The molecule has 0 aliphatic carbocycles. The molecule has 0 spiro atoms. The van der Waals surface area contributed by atoms with Gasteiger partial charge in [0, 0.05) is 24.5 Å². The number of alkyl halides is 1. The van der Waals surface area contributed by atoms with Crippen LogP contribution in [0.5, 0.6) is 5.75 Å². The van der Waals surface area contributed by atoms with Crippen LogP contribution in [0.4, 0.5) is 0 Å². The van der Waals surface area contributed by atoms with Crippen LogP contribution in [-0.2, 0) is 11.2 Å². The van der Waals surface area contributed by atoms with E-state index in [-0.39, 0.29) is 23.5 Å². The Morgan fingerprint density at radius 2 is 2.12 bits per heavy atom. The summed E-state index contributed by atoms with van der Waals surface area (Å²) >= 11 is 5.81. The average molecular weight is 242 g/mol. The van der Waals surface area contributed by atoms with E-state index in [1.807, 2.05) is 6.92 Å². The largest absolute Gasteiger partial charge is 0.508 e. The number of rotatable bonds is 4. The van der Waals surface area contributed by atoms with E-state index < -0.39 is 0 Å². The summed E-state index contributed by atoms with van der Waals surface area (Å²) in [6, 6.07) is 6.85. The summed E-state index contributed by atoms with van der Waals surface area (Å²) in [6.07, 6.45) is 0.201. The highest BCUT2D eigenvalue weighted by molar-refractivity contribution is 6.20. The highest BCUT2D eigenvalue weighted by atomic mass is 35.5. The first-order chi connectivity index (χ1) is 7.50. The third-order valence-corrected chi connectivity index (χ3v) is 2.42. The van der Waals surface area contributed by atoms with Gasteiger partial charge in [-0.3, -0.25) is 4.79 Å². The molecule has 0 fully saturated rings. The highest BCUT2D eigenvalue weighted by Crippen LogP contribution is 2.16. The highest BCUT2D eigenvalue weighted by Gasteiger charge is 2.13. The zero-order valence-electron chi connectivity index (χ0n) is 9.48. The summed E-state index contributed by atoms with van der Waals surface area (Å²) in [4.78, 5) is 13.3. The van der Waals surface area contributed by atoms with Crippen molar-refractivity contribution in [3.05, 3.63) is 29.8 Å². The fraction of sp³-hybridized carbons (Fsp3) is 0.417. The van der Waals surface area contributed by atoms with E-state index in [0.29, 0.717) is 12.1 Å². The van der Waals surface area contributed by atoms with Crippen LogP contribution in [0.2, 0.25) is 0 Å². The average Bonchev–Trinajstić information content (AvgIpc) is 2.20. The first-order valence-corrected chi connectivity index (χ1v) is 5.59. The Morgan fingerprint density at radius 1 is 1.50 bits per heavy atom. The SMILES string of the molecule is CC(Cl)CN(C)C(=O)Cc1ccccc1O. The van der Waals surface area contributed by atoms with Crippen LogP contribution in [-0.4, -0.2) is 34.9 Å². The van der Waals surface area contributed by atoms with Crippen LogP contribution in [0.1, 0.15) is 12.5 Å². The van der Waals surface area contributed by atoms with Crippen molar-refractivity contribution in [1.29, 1.82) is 0 Å². The van der Waals surface area contributed by atoms with Gasteiger partial charge in [0.1, 0.15) is 5.75 Å². The molecule has 88 valence electrons. The number of nitrogens with zero attached hydrogens (tertiary/aromatic N) is 1. The van der Waals surface area contributed by atoms with Gasteiger partial charge in [-0.05, 0) is 13.0 Å². The summed E-state index contributed by atoms with van der Waals surface area (Å²) in [7, 11) is 1.71. The Kier molecular flexibility index (Phi) is 4.62. The van der Waals surface area contributed by atoms with Gasteiger partial charge in [0.05, 0.1) is 6.42 Å². The summed E-state index contributed by atoms with van der Waals surface area (Å²) in [5.41, 5.74) is 0.640. The van der Waals surface area contributed by atoms with E-state index in [9.17, 15) is 9.90 Å². The molecule has 0 heterocycles. The number of phenols is 1. The quantitative estimate of drug-likeness (QED) is 0.820. The standard InChI is InChI=1S/C12H16ClNO2/c1-9(13)8-14(2)12(16)7-10-5-3-4-6-11(10)15/h3-6,9,15H,7-8H2,1-2H3. The number of likely N-dealkylation sites (N-methyl/N-ethyl adjacent to an activating group) is 1. The van der Waals surface area contributed by atoms with Crippen molar-refractivity contribution in [3.63, 3.8) is 0 Å². The van der Waals surface area contributed by atoms with E-state index >= 15 is 0 Å². The summed E-state index contributed by atoms with van der Waals surface area (Å²) in [5, 5.41) is 9.46. The van der Waals surface area contributed by atoms with E-state index in [1.54, 1.807) is 36.2 Å². The topological polar surface area (TPSA) is 40.5 Å². The second kappa shape index (κ2) is 5.75. The minimum Gasteiger partial charge on any atom is -0.508 e. The van der Waals surface area contributed by atoms with Gasteiger partial charge in [-0.25, -0.2) is 0 Å². The predicted octanol–water partition coefficient (Wildman–Crippen LogP) is 2.02. The normalized spacial score (nSPS) is 12.2. The zero-order chi connectivity index (χ0) is 12.1. The molecule has 1 unspecified atom stereocenters. The molecular weight excluding hydrogens is 226 g/mol. The number of aromatic hydroxyl groups is 1. The minimum absolute atomic E-state index is 0.0472. The molecule has 0 saturated heterocycles. The maximum atomic E-state index is 11.8. The number of carbonyl (C=O) groups excluding carboxylic acids is 1. The Morgan fingerprint density at radius 3 is 2.69 bits per heavy atom. The summed E-state index contributed by atoms with van der Waals surface area (Å²) < 4.78 is 0. The molecule has 0 saturated carbocycles. The molecule has 0 aromatic heterocycles. The van der Waals surface area contributed by atoms with Gasteiger partial charge >= 0.3 is 0 Å². The van der Waals surface area contributed by atoms with Gasteiger partial charge in [0.15, 0.2) is 0 Å². The van der Waals surface area contributed by atoms with Crippen LogP contribution >= 0.6 is 11.6 Å². The van der Waals surface area contributed by atoms with Crippen LogP contribution in [0.3, 0.4) is 0 Å². The fourth-order valence-electron chi connectivity index (χ4n) is 1.44. The molecule has 0 bridgehead atoms. The Balaban J connectivity index is 2.61. The summed E-state index contributed by atoms with van der Waals surface area (Å²) in [6.45, 7) is 2.35. The predicted molar refractivity (Wildman–Crippen MR) is 64.8 cm³/mol. The molecule has 1 aromatic carbocycles. The molecule has 1 rings (SSSR count). The molecule has 16 heavy (non-hydrogen) atoms. The number of amides is 1. The van der Waals surface area contributed by atoms with E-state index in [1.165, 1.54) is 0 Å². The Hall–Kier alpha value is -1.22. The van der Waals surface area contributed by atoms with Gasteiger partial charge < -0.3 is 10.0 Å². The van der Waals surface area contributed by atoms with Crippen LogP contribution in [0, 0.1) is 0 Å². The second-order valence-corrected chi connectivity index (χ2v) is 4.61. The number of phenolic OH excluding ortho intramolecular Hbond substituents is 1. The second-order valence-electron chi connectivity index (χ2n) is 3.86. The lowest BCUT2D eigenvalue weighted by Gasteiger charge is -2.18. The van der Waals surface area contributed by atoms with Gasteiger partial charge in [-0.1, -0.05) is 18.2 Å². The molecule has 3 nitrogen and oxygen atoms in total. The van der Waals surface area contributed by atoms with Crippen molar-refractivity contribution in [2.24, 2.45) is 0 Å². The molecule has 1 N–H and O–H groups in total. The Labute approximate surface area is 101 Å². The molecule has 1 aromatic rings. The third kappa shape index (κ3) is 3.74. The van der Waals surface area contributed by atoms with Crippen LogP contribution in [0.25, 0.3) is 0 Å². The van der Waals surface area contributed by atoms with Crippen LogP contribution < -0.4 is 0 Å². The van der Waals surface area contributed by atoms with E-state index in [4.69, 9.17) is 11.6 Å². The number of hydrogen-bond donors (Lipinski definition) is 1. The lowest BCUT2D eigenvalue weighted by Crippen LogP contribution is -2.32. The third-order valence-electron chi connectivity index (χ3n) is 2.28. The van der Waals surface area contributed by atoms with Gasteiger partial charge in [0.2, 0.25) is 5.91 Å². The molecule has 0 aliphatic rings. The van der Waals surface area contributed by atoms with Crippen molar-refractivity contribution in [3.8, 4) is 5.75 Å². The number of halogens is 1. The monoisotopic (exact) mass is 241 g/mol. The fourth-order valence-corrected chi connectivity index (χ4v) is 1.64. The minimum atomic E-state index is -0.0710. The molecule has 1 amide bonds. The molecule has 1 atom stereocenters. The first-order valence-electron chi connectivity index (χ1n) is 5.15. The number of para-hydroxylation sites is 1. The van der Waals surface area contributed by atoms with E-state index in [2.05, 4.69) is 0 Å². The first kappa shape index (κ1) is 12.8. The zero-order valence-corrected chi connectivity index (χ0v) is 10.2. The maximum Gasteiger partial charge on any atom is 0.226 e. The van der Waals surface area contributed by atoms with Gasteiger partial charge in [0.25, 0.3) is 0 Å². The van der Waals surface area contributed by atoms with Gasteiger partial charge in [-0.2, -0.15) is 0 Å². The number of hydrogen-bond acceptors (Lipinski definition) is 2. The van der Waals surface area contributed by atoms with Gasteiger partial charge in [-0.15, -0.1) is 11.6 Å².